The highest BCUT2D eigenvalue weighted by Gasteiger charge is 2.34. The highest BCUT2D eigenvalue weighted by Crippen LogP contribution is 2.35. The van der Waals surface area contributed by atoms with Crippen LogP contribution in [0.2, 0.25) is 5.02 Å². The lowest BCUT2D eigenvalue weighted by atomic mass is 9.97. The molecule has 0 aliphatic carbocycles. The minimum Gasteiger partial charge on any atom is -0.487 e. The third kappa shape index (κ3) is 4.96. The third-order valence-corrected chi connectivity index (χ3v) is 6.06. The zero-order valence-corrected chi connectivity index (χ0v) is 18.7. The maximum absolute atomic E-state index is 13.4. The number of hydrogen-bond acceptors (Lipinski definition) is 3. The first-order valence-electron chi connectivity index (χ1n) is 10.8. The van der Waals surface area contributed by atoms with Crippen LogP contribution in [-0.4, -0.2) is 42.6 Å². The number of ether oxygens (including phenoxy) is 1. The maximum atomic E-state index is 13.4. The molecule has 31 heavy (non-hydrogen) atoms. The van der Waals surface area contributed by atoms with Gasteiger partial charge in [0.2, 0.25) is 5.91 Å². The van der Waals surface area contributed by atoms with Crippen LogP contribution in [0.3, 0.4) is 0 Å². The number of hydrogen-bond donors (Lipinski definition) is 1. The standard InChI is InChI=1S/C24H28ClN3O3/c1-16-8-9-22-21(11-16)28(14-17(2)31-22)24(30)27-10-4-6-19(15-27)23(29)26-13-18-5-3-7-20(25)12-18/h3,5,7-9,11-12,17,19H,4,6,10,13-15H2,1-2H3,(H,26,29)/t17-,19-/m1/s1. The van der Waals surface area contributed by atoms with Crippen LogP contribution in [-0.2, 0) is 11.3 Å². The summed E-state index contributed by atoms with van der Waals surface area (Å²) in [5, 5.41) is 3.65. The minimum atomic E-state index is -0.215. The normalized spacial score (nSPS) is 20.6. The summed E-state index contributed by atoms with van der Waals surface area (Å²) in [7, 11) is 0. The first-order chi connectivity index (χ1) is 14.9. The number of carbonyl (C=O) groups is 2. The van der Waals surface area contributed by atoms with E-state index in [1.54, 1.807) is 9.80 Å². The summed E-state index contributed by atoms with van der Waals surface area (Å²) in [6, 6.07) is 13.3. The van der Waals surface area contributed by atoms with Gasteiger partial charge in [0.25, 0.3) is 0 Å². The first kappa shape index (κ1) is 21.5. The minimum absolute atomic E-state index is 0.0240. The van der Waals surface area contributed by atoms with Crippen LogP contribution >= 0.6 is 11.6 Å². The van der Waals surface area contributed by atoms with Crippen molar-refractivity contribution in [3.8, 4) is 5.75 Å². The maximum Gasteiger partial charge on any atom is 0.324 e. The van der Waals surface area contributed by atoms with Gasteiger partial charge in [-0.25, -0.2) is 4.79 Å². The molecule has 2 aromatic carbocycles. The summed E-state index contributed by atoms with van der Waals surface area (Å²) in [6.07, 6.45) is 1.50. The summed E-state index contributed by atoms with van der Waals surface area (Å²) in [5.41, 5.74) is 2.83. The van der Waals surface area contributed by atoms with Crippen molar-refractivity contribution < 1.29 is 14.3 Å². The summed E-state index contributed by atoms with van der Waals surface area (Å²) in [6.45, 7) is 5.97. The Morgan fingerprint density at radius 3 is 2.84 bits per heavy atom. The number of nitrogens with one attached hydrogen (secondary N) is 1. The summed E-state index contributed by atoms with van der Waals surface area (Å²) < 4.78 is 5.91. The zero-order valence-electron chi connectivity index (χ0n) is 17.9. The largest absolute Gasteiger partial charge is 0.487 e. The van der Waals surface area contributed by atoms with Gasteiger partial charge in [-0.3, -0.25) is 9.69 Å². The Morgan fingerprint density at radius 2 is 2.03 bits per heavy atom. The molecule has 3 amide bonds. The van der Waals surface area contributed by atoms with Crippen molar-refractivity contribution >= 4 is 29.2 Å². The molecular formula is C24H28ClN3O3. The van der Waals surface area contributed by atoms with E-state index in [-0.39, 0.29) is 24.0 Å². The molecule has 1 fully saturated rings. The lowest BCUT2D eigenvalue weighted by Crippen LogP contribution is -2.53. The van der Waals surface area contributed by atoms with Crippen LogP contribution < -0.4 is 15.0 Å². The van der Waals surface area contributed by atoms with E-state index in [2.05, 4.69) is 5.32 Å². The smallest absolute Gasteiger partial charge is 0.324 e. The Kier molecular flexibility index (Phi) is 6.37. The molecule has 0 unspecified atom stereocenters. The second-order valence-corrected chi connectivity index (χ2v) is 8.86. The van der Waals surface area contributed by atoms with E-state index in [9.17, 15) is 9.59 Å². The van der Waals surface area contributed by atoms with Gasteiger partial charge in [0.05, 0.1) is 18.2 Å². The van der Waals surface area contributed by atoms with Crippen LogP contribution in [0.1, 0.15) is 30.9 Å². The molecule has 2 aliphatic rings. The average molecular weight is 442 g/mol. The summed E-state index contributed by atoms with van der Waals surface area (Å²) in [4.78, 5) is 29.8. The van der Waals surface area contributed by atoms with E-state index in [1.807, 2.05) is 56.3 Å². The van der Waals surface area contributed by atoms with Crippen molar-refractivity contribution in [1.82, 2.24) is 10.2 Å². The number of aryl methyl sites for hydroxylation is 1. The fourth-order valence-corrected chi connectivity index (χ4v) is 4.46. The molecule has 0 spiro atoms. The van der Waals surface area contributed by atoms with Crippen molar-refractivity contribution in [2.75, 3.05) is 24.5 Å². The highest BCUT2D eigenvalue weighted by atomic mass is 35.5. The van der Waals surface area contributed by atoms with Gasteiger partial charge in [-0.1, -0.05) is 29.8 Å². The number of amides is 3. The number of fused-ring (bicyclic) bond motifs is 1. The zero-order chi connectivity index (χ0) is 22.0. The van der Waals surface area contributed by atoms with Gasteiger partial charge in [-0.2, -0.15) is 0 Å². The van der Waals surface area contributed by atoms with Crippen molar-refractivity contribution in [1.29, 1.82) is 0 Å². The van der Waals surface area contributed by atoms with Gasteiger partial charge in [0.15, 0.2) is 0 Å². The monoisotopic (exact) mass is 441 g/mol. The fourth-order valence-electron chi connectivity index (χ4n) is 4.24. The molecule has 4 rings (SSSR count). The van der Waals surface area contributed by atoms with Gasteiger partial charge in [0, 0.05) is 24.7 Å². The summed E-state index contributed by atoms with van der Waals surface area (Å²) >= 11 is 6.02. The Morgan fingerprint density at radius 1 is 1.19 bits per heavy atom. The van der Waals surface area contributed by atoms with E-state index in [4.69, 9.17) is 16.3 Å². The van der Waals surface area contributed by atoms with E-state index < -0.39 is 0 Å². The number of carbonyl (C=O) groups excluding carboxylic acids is 2. The molecule has 2 aliphatic heterocycles. The molecule has 0 bridgehead atoms. The van der Waals surface area contributed by atoms with Gasteiger partial charge in [0.1, 0.15) is 11.9 Å². The predicted molar refractivity (Wildman–Crippen MR) is 122 cm³/mol. The van der Waals surface area contributed by atoms with E-state index in [0.29, 0.717) is 31.2 Å². The van der Waals surface area contributed by atoms with E-state index >= 15 is 0 Å². The predicted octanol–water partition coefficient (Wildman–Crippen LogP) is 4.38. The Bertz CT molecular complexity index is 980. The molecule has 6 nitrogen and oxygen atoms in total. The summed E-state index contributed by atoms with van der Waals surface area (Å²) in [5.74, 6) is 0.488. The van der Waals surface area contributed by atoms with Gasteiger partial charge < -0.3 is 15.0 Å². The highest BCUT2D eigenvalue weighted by molar-refractivity contribution is 6.30. The number of rotatable bonds is 3. The van der Waals surface area contributed by atoms with Crippen molar-refractivity contribution in [2.45, 2.75) is 39.3 Å². The van der Waals surface area contributed by atoms with Crippen LogP contribution in [0.25, 0.3) is 0 Å². The molecule has 0 saturated carbocycles. The van der Waals surface area contributed by atoms with Crippen LogP contribution in [0, 0.1) is 12.8 Å². The molecule has 164 valence electrons. The number of piperidine rings is 1. The number of likely N-dealkylation sites (tertiary alicyclic amines) is 1. The van der Waals surface area contributed by atoms with Crippen LogP contribution in [0.15, 0.2) is 42.5 Å². The van der Waals surface area contributed by atoms with Crippen molar-refractivity contribution in [3.63, 3.8) is 0 Å². The number of halogens is 1. The van der Waals surface area contributed by atoms with Gasteiger partial charge in [-0.05, 0) is 62.1 Å². The number of urea groups is 1. The van der Waals surface area contributed by atoms with E-state index in [0.717, 1.165) is 35.4 Å². The lowest BCUT2D eigenvalue weighted by molar-refractivity contribution is -0.126. The molecule has 0 aromatic heterocycles. The molecule has 1 saturated heterocycles. The Labute approximate surface area is 188 Å². The van der Waals surface area contributed by atoms with Gasteiger partial charge >= 0.3 is 6.03 Å². The molecule has 2 heterocycles. The van der Waals surface area contributed by atoms with Gasteiger partial charge in [-0.15, -0.1) is 0 Å². The van der Waals surface area contributed by atoms with Crippen molar-refractivity contribution in [3.05, 3.63) is 58.6 Å². The van der Waals surface area contributed by atoms with Crippen molar-refractivity contribution in [2.24, 2.45) is 5.92 Å². The Balaban J connectivity index is 1.42. The molecule has 2 atom stereocenters. The number of anilines is 1. The second-order valence-electron chi connectivity index (χ2n) is 8.43. The molecular weight excluding hydrogens is 414 g/mol. The molecule has 1 N–H and O–H groups in total. The van der Waals surface area contributed by atoms with Crippen LogP contribution in [0.5, 0.6) is 5.75 Å². The van der Waals surface area contributed by atoms with E-state index in [1.165, 1.54) is 0 Å². The molecule has 2 aromatic rings. The quantitative estimate of drug-likeness (QED) is 0.768. The van der Waals surface area contributed by atoms with Crippen LogP contribution in [0.4, 0.5) is 10.5 Å². The fraction of sp³-hybridized carbons (Fsp3) is 0.417. The number of benzene rings is 2. The second kappa shape index (κ2) is 9.18. The SMILES string of the molecule is Cc1ccc2c(c1)N(C(=O)N1CCC[C@@H](C(=O)NCc3cccc(Cl)c3)C1)C[C@@H](C)O2. The third-order valence-electron chi connectivity index (χ3n) is 5.82. The first-order valence-corrected chi connectivity index (χ1v) is 11.1. The Hall–Kier alpha value is -2.73. The molecule has 7 heteroatoms. The number of nitrogens with zero attached hydrogens (tertiary/aromatic N) is 2. The average Bonchev–Trinajstić information content (AvgIpc) is 2.77. The lowest BCUT2D eigenvalue weighted by Gasteiger charge is -2.39. The topological polar surface area (TPSA) is 61.9 Å². The molecule has 0 radical (unpaired) electrons.